The van der Waals surface area contributed by atoms with Gasteiger partial charge in [0.15, 0.2) is 0 Å². The van der Waals surface area contributed by atoms with Crippen molar-refractivity contribution in [2.45, 2.75) is 32.2 Å². The maximum absolute atomic E-state index is 4.90. The number of fused-ring (bicyclic) bond motifs is 1. The Hall–Kier alpha value is -2.20. The summed E-state index contributed by atoms with van der Waals surface area (Å²) in [5.41, 5.74) is 5.04. The van der Waals surface area contributed by atoms with E-state index in [-0.39, 0.29) is 0 Å². The van der Waals surface area contributed by atoms with Gasteiger partial charge < -0.3 is 4.57 Å². The predicted octanol–water partition coefficient (Wildman–Crippen LogP) is 3.66. The van der Waals surface area contributed by atoms with Gasteiger partial charge in [-0.2, -0.15) is 0 Å². The van der Waals surface area contributed by atoms with Gasteiger partial charge in [-0.15, -0.1) is 0 Å². The molecule has 1 aliphatic rings. The zero-order chi connectivity index (χ0) is 16.5. The number of piperidine rings is 1. The van der Waals surface area contributed by atoms with Gasteiger partial charge >= 0.3 is 0 Å². The molecule has 4 nitrogen and oxygen atoms in total. The first-order valence-electron chi connectivity index (χ1n) is 8.75. The first-order chi connectivity index (χ1) is 11.7. The Balaban J connectivity index is 1.46. The number of likely N-dealkylation sites (tertiary alicyclic amines) is 1. The first-order valence-corrected chi connectivity index (χ1v) is 8.75. The van der Waals surface area contributed by atoms with Gasteiger partial charge in [0, 0.05) is 31.9 Å². The number of imidazole rings is 1. The third-order valence-electron chi connectivity index (χ3n) is 5.30. The second-order valence-corrected chi connectivity index (χ2v) is 6.87. The van der Waals surface area contributed by atoms with Crippen LogP contribution in [0.2, 0.25) is 0 Å². The van der Waals surface area contributed by atoms with Crippen molar-refractivity contribution in [3.05, 3.63) is 59.7 Å². The van der Waals surface area contributed by atoms with E-state index in [9.17, 15) is 0 Å². The highest BCUT2D eigenvalue weighted by molar-refractivity contribution is 5.75. The molecular weight excluding hydrogens is 296 g/mol. The third-order valence-corrected chi connectivity index (χ3v) is 5.30. The highest BCUT2D eigenvalue weighted by Gasteiger charge is 2.24. The Labute approximate surface area is 143 Å². The number of para-hydroxylation sites is 2. The number of benzene rings is 1. The van der Waals surface area contributed by atoms with Crippen molar-refractivity contribution >= 4 is 11.0 Å². The predicted molar refractivity (Wildman–Crippen MR) is 96.9 cm³/mol. The molecule has 0 amide bonds. The molecule has 3 heterocycles. The molecule has 3 aromatic rings. The second kappa shape index (κ2) is 6.36. The lowest BCUT2D eigenvalue weighted by Gasteiger charge is -2.32. The first kappa shape index (κ1) is 15.3. The molecular formula is C20H24N4. The molecule has 124 valence electrons. The molecule has 2 aromatic heterocycles. The van der Waals surface area contributed by atoms with Crippen molar-refractivity contribution in [1.82, 2.24) is 19.4 Å². The van der Waals surface area contributed by atoms with E-state index in [0.717, 1.165) is 25.2 Å². The van der Waals surface area contributed by atoms with E-state index in [0.29, 0.717) is 5.92 Å². The number of hydrogen-bond acceptors (Lipinski definition) is 3. The van der Waals surface area contributed by atoms with E-state index in [1.54, 1.807) is 0 Å². The van der Waals surface area contributed by atoms with E-state index < -0.39 is 0 Å². The van der Waals surface area contributed by atoms with Crippen LogP contribution in [0.25, 0.3) is 11.0 Å². The molecule has 0 unspecified atom stereocenters. The lowest BCUT2D eigenvalue weighted by Crippen LogP contribution is -2.33. The molecule has 0 atom stereocenters. The number of rotatable bonds is 3. The lowest BCUT2D eigenvalue weighted by molar-refractivity contribution is 0.200. The van der Waals surface area contributed by atoms with Gasteiger partial charge in [-0.3, -0.25) is 9.88 Å². The summed E-state index contributed by atoms with van der Waals surface area (Å²) >= 11 is 0. The maximum Gasteiger partial charge on any atom is 0.112 e. The van der Waals surface area contributed by atoms with E-state index in [2.05, 4.69) is 58.8 Å². The minimum atomic E-state index is 0.567. The van der Waals surface area contributed by atoms with Crippen molar-refractivity contribution in [1.29, 1.82) is 0 Å². The lowest BCUT2D eigenvalue weighted by atomic mass is 9.95. The van der Waals surface area contributed by atoms with Gasteiger partial charge in [0.05, 0.1) is 11.0 Å². The Morgan fingerprint density at radius 2 is 1.92 bits per heavy atom. The molecule has 0 N–H and O–H groups in total. The minimum Gasteiger partial charge on any atom is -0.331 e. The summed E-state index contributed by atoms with van der Waals surface area (Å²) in [6.45, 7) is 5.45. The van der Waals surface area contributed by atoms with Crippen LogP contribution in [-0.2, 0) is 13.6 Å². The topological polar surface area (TPSA) is 34.0 Å². The Kier molecular flexibility index (Phi) is 4.07. The number of aryl methyl sites for hydroxylation is 2. The fourth-order valence-electron chi connectivity index (χ4n) is 3.80. The van der Waals surface area contributed by atoms with E-state index >= 15 is 0 Å². The zero-order valence-corrected chi connectivity index (χ0v) is 14.4. The van der Waals surface area contributed by atoms with Gasteiger partial charge in [0.25, 0.3) is 0 Å². The SMILES string of the molecule is Cc1cnccc1CN1CCC(c2nc3ccccc3n2C)CC1. The number of nitrogens with zero attached hydrogens (tertiary/aromatic N) is 4. The molecule has 0 saturated carbocycles. The number of aromatic nitrogens is 3. The van der Waals surface area contributed by atoms with Gasteiger partial charge in [-0.1, -0.05) is 12.1 Å². The molecule has 4 heteroatoms. The molecule has 0 bridgehead atoms. The van der Waals surface area contributed by atoms with Crippen LogP contribution in [0.3, 0.4) is 0 Å². The van der Waals surface area contributed by atoms with Crippen molar-refractivity contribution in [3.8, 4) is 0 Å². The van der Waals surface area contributed by atoms with Gasteiger partial charge in [0.1, 0.15) is 5.82 Å². The fraction of sp³-hybridized carbons (Fsp3) is 0.400. The van der Waals surface area contributed by atoms with Gasteiger partial charge in [-0.05, 0) is 62.2 Å². The molecule has 24 heavy (non-hydrogen) atoms. The van der Waals surface area contributed by atoms with Crippen LogP contribution in [0.1, 0.15) is 35.7 Å². The smallest absolute Gasteiger partial charge is 0.112 e. The highest BCUT2D eigenvalue weighted by atomic mass is 15.1. The standard InChI is InChI=1S/C20H24N4/c1-15-13-21-10-7-17(15)14-24-11-8-16(9-12-24)20-22-18-5-3-4-6-19(18)23(20)2/h3-7,10,13,16H,8-9,11-12,14H2,1-2H3. The van der Waals surface area contributed by atoms with Gasteiger partial charge in [0.2, 0.25) is 0 Å². The molecule has 0 aliphatic carbocycles. The van der Waals surface area contributed by atoms with E-state index in [1.165, 1.54) is 35.3 Å². The van der Waals surface area contributed by atoms with Crippen LogP contribution >= 0.6 is 0 Å². The van der Waals surface area contributed by atoms with E-state index in [1.807, 2.05) is 12.4 Å². The average molecular weight is 320 g/mol. The molecule has 1 aromatic carbocycles. The van der Waals surface area contributed by atoms with Crippen molar-refractivity contribution in [2.75, 3.05) is 13.1 Å². The summed E-state index contributed by atoms with van der Waals surface area (Å²) in [7, 11) is 2.15. The molecule has 1 saturated heterocycles. The summed E-state index contributed by atoms with van der Waals surface area (Å²) < 4.78 is 2.28. The van der Waals surface area contributed by atoms with Crippen LogP contribution in [0.15, 0.2) is 42.7 Å². The maximum atomic E-state index is 4.90. The monoisotopic (exact) mass is 320 g/mol. The highest BCUT2D eigenvalue weighted by Crippen LogP contribution is 2.30. The molecule has 0 spiro atoms. The van der Waals surface area contributed by atoms with Gasteiger partial charge in [-0.25, -0.2) is 4.98 Å². The van der Waals surface area contributed by atoms with Crippen molar-refractivity contribution in [2.24, 2.45) is 7.05 Å². The summed E-state index contributed by atoms with van der Waals surface area (Å²) in [6, 6.07) is 10.6. The minimum absolute atomic E-state index is 0.567. The fourth-order valence-corrected chi connectivity index (χ4v) is 3.80. The largest absolute Gasteiger partial charge is 0.331 e. The van der Waals surface area contributed by atoms with Crippen LogP contribution < -0.4 is 0 Å². The van der Waals surface area contributed by atoms with Crippen LogP contribution in [-0.4, -0.2) is 32.5 Å². The summed E-state index contributed by atoms with van der Waals surface area (Å²) in [6.07, 6.45) is 6.22. The normalized spacial score (nSPS) is 16.8. The van der Waals surface area contributed by atoms with Crippen molar-refractivity contribution in [3.63, 3.8) is 0 Å². The summed E-state index contributed by atoms with van der Waals surface area (Å²) in [5, 5.41) is 0. The van der Waals surface area contributed by atoms with Crippen molar-refractivity contribution < 1.29 is 0 Å². The number of hydrogen-bond donors (Lipinski definition) is 0. The molecule has 0 radical (unpaired) electrons. The quantitative estimate of drug-likeness (QED) is 0.738. The Bertz CT molecular complexity index is 844. The van der Waals surface area contributed by atoms with E-state index in [4.69, 9.17) is 4.98 Å². The Morgan fingerprint density at radius 1 is 1.12 bits per heavy atom. The summed E-state index contributed by atoms with van der Waals surface area (Å²) in [5.74, 6) is 1.81. The molecule has 1 fully saturated rings. The average Bonchev–Trinajstić information content (AvgIpc) is 2.95. The zero-order valence-electron chi connectivity index (χ0n) is 14.4. The Morgan fingerprint density at radius 3 is 2.67 bits per heavy atom. The summed E-state index contributed by atoms with van der Waals surface area (Å²) in [4.78, 5) is 11.6. The number of pyridine rings is 1. The second-order valence-electron chi connectivity index (χ2n) is 6.87. The van der Waals surface area contributed by atoms with Crippen LogP contribution in [0, 0.1) is 6.92 Å². The molecule has 4 rings (SSSR count). The van der Waals surface area contributed by atoms with Crippen LogP contribution in [0.4, 0.5) is 0 Å². The van der Waals surface area contributed by atoms with Crippen LogP contribution in [0.5, 0.6) is 0 Å². The third kappa shape index (κ3) is 2.82. The molecule has 1 aliphatic heterocycles.